The van der Waals surface area contributed by atoms with Crippen LogP contribution in [0.2, 0.25) is 10.0 Å². The molecular weight excluding hydrogens is 397 g/mol. The zero-order valence-electron chi connectivity index (χ0n) is 15.1. The number of ether oxygens (including phenoxy) is 1. The van der Waals surface area contributed by atoms with Gasteiger partial charge in [0, 0.05) is 46.4 Å². The number of amides is 1. The molecule has 2 aromatic carbocycles. The Hall–Kier alpha value is -2.50. The lowest BCUT2D eigenvalue weighted by molar-refractivity contribution is -0.132. The number of nitrogens with zero attached hydrogens (tertiary/aromatic N) is 2. The van der Waals surface area contributed by atoms with E-state index >= 15 is 0 Å². The highest BCUT2D eigenvalue weighted by Crippen LogP contribution is 2.30. The van der Waals surface area contributed by atoms with E-state index in [1.807, 2.05) is 29.2 Å². The summed E-state index contributed by atoms with van der Waals surface area (Å²) in [7, 11) is 0. The van der Waals surface area contributed by atoms with Gasteiger partial charge in [-0.25, -0.2) is 0 Å². The van der Waals surface area contributed by atoms with E-state index in [1.54, 1.807) is 24.3 Å². The van der Waals surface area contributed by atoms with Gasteiger partial charge in [-0.2, -0.15) is 5.10 Å². The molecule has 0 aliphatic carbocycles. The quantitative estimate of drug-likeness (QED) is 0.654. The molecule has 5 nitrogen and oxygen atoms in total. The van der Waals surface area contributed by atoms with Crippen molar-refractivity contribution < 1.29 is 9.53 Å². The molecule has 0 unspecified atom stereocenters. The van der Waals surface area contributed by atoms with Crippen molar-refractivity contribution in [2.45, 2.75) is 19.4 Å². The van der Waals surface area contributed by atoms with Crippen LogP contribution in [0.15, 0.2) is 48.5 Å². The molecule has 7 heteroatoms. The molecule has 0 saturated carbocycles. The smallest absolute Gasteiger partial charge is 0.226 e. The maximum absolute atomic E-state index is 12.6. The number of aromatic amines is 1. The van der Waals surface area contributed by atoms with Gasteiger partial charge in [0.25, 0.3) is 0 Å². The molecule has 0 fully saturated rings. The van der Waals surface area contributed by atoms with E-state index in [0.29, 0.717) is 41.9 Å². The molecular formula is C21H19Cl2N3O2. The minimum absolute atomic E-state index is 0.0675. The van der Waals surface area contributed by atoms with Gasteiger partial charge in [-0.1, -0.05) is 35.3 Å². The van der Waals surface area contributed by atoms with Crippen LogP contribution in [0.1, 0.15) is 17.7 Å². The Morgan fingerprint density at radius 1 is 1.14 bits per heavy atom. The van der Waals surface area contributed by atoms with Crippen molar-refractivity contribution in [2.24, 2.45) is 0 Å². The maximum atomic E-state index is 12.6. The van der Waals surface area contributed by atoms with Crippen molar-refractivity contribution in [3.8, 4) is 17.0 Å². The first-order chi connectivity index (χ1) is 13.6. The molecule has 0 saturated heterocycles. The van der Waals surface area contributed by atoms with Crippen LogP contribution >= 0.6 is 23.2 Å². The summed E-state index contributed by atoms with van der Waals surface area (Å²) in [5.74, 6) is 0.772. The number of H-pyrrole nitrogens is 1. The highest BCUT2D eigenvalue weighted by Gasteiger charge is 2.25. The third-order valence-corrected chi connectivity index (χ3v) is 5.27. The molecule has 28 heavy (non-hydrogen) atoms. The third-order valence-electron chi connectivity index (χ3n) is 4.78. The molecule has 1 aliphatic heterocycles. The predicted molar refractivity (Wildman–Crippen MR) is 110 cm³/mol. The van der Waals surface area contributed by atoms with Crippen molar-refractivity contribution in [3.05, 3.63) is 69.8 Å². The lowest BCUT2D eigenvalue weighted by atomic mass is 10.0. The summed E-state index contributed by atoms with van der Waals surface area (Å²) in [6.45, 7) is 1.54. The molecule has 3 aromatic rings. The Morgan fingerprint density at radius 2 is 1.96 bits per heavy atom. The predicted octanol–water partition coefficient (Wildman–Crippen LogP) is 4.74. The molecule has 144 valence electrons. The summed E-state index contributed by atoms with van der Waals surface area (Å²) >= 11 is 12.0. The summed E-state index contributed by atoms with van der Waals surface area (Å²) in [6.07, 6.45) is 1.08. The van der Waals surface area contributed by atoms with Gasteiger partial charge in [0.2, 0.25) is 5.91 Å². The topological polar surface area (TPSA) is 58.2 Å². The summed E-state index contributed by atoms with van der Waals surface area (Å²) in [5.41, 5.74) is 3.94. The number of halogens is 2. The molecule has 1 aromatic heterocycles. The Bertz CT molecular complexity index is 986. The van der Waals surface area contributed by atoms with Gasteiger partial charge in [-0.15, -0.1) is 0 Å². The zero-order valence-corrected chi connectivity index (χ0v) is 16.6. The third kappa shape index (κ3) is 4.16. The van der Waals surface area contributed by atoms with Crippen molar-refractivity contribution in [1.29, 1.82) is 0 Å². The van der Waals surface area contributed by atoms with Crippen LogP contribution in [0.4, 0.5) is 0 Å². The number of carbonyl (C=O) groups is 1. The standard InChI is InChI=1S/C21H19Cl2N3O2/c22-15-4-6-17(7-5-15)28-11-9-20(27)26-10-8-19-18(13-26)21(25-24-19)14-2-1-3-16(23)12-14/h1-7,12H,8-11,13H2,(H,24,25). The molecule has 1 amide bonds. The normalized spacial score (nSPS) is 13.3. The van der Waals surface area contributed by atoms with Crippen LogP contribution in [-0.4, -0.2) is 34.2 Å². The van der Waals surface area contributed by atoms with E-state index in [4.69, 9.17) is 27.9 Å². The second-order valence-corrected chi connectivity index (χ2v) is 7.53. The number of fused-ring (bicyclic) bond motifs is 1. The summed E-state index contributed by atoms with van der Waals surface area (Å²) in [5, 5.41) is 8.88. The minimum atomic E-state index is 0.0675. The van der Waals surface area contributed by atoms with Gasteiger partial charge in [0.15, 0.2) is 0 Å². The van der Waals surface area contributed by atoms with Crippen LogP contribution in [0, 0.1) is 0 Å². The Kier molecular flexibility index (Phi) is 5.55. The van der Waals surface area contributed by atoms with Crippen molar-refractivity contribution in [2.75, 3.05) is 13.2 Å². The van der Waals surface area contributed by atoms with E-state index in [1.165, 1.54) is 0 Å². The molecule has 2 heterocycles. The first-order valence-corrected chi connectivity index (χ1v) is 9.84. The number of benzene rings is 2. The lowest BCUT2D eigenvalue weighted by Crippen LogP contribution is -2.36. The fraction of sp³-hybridized carbons (Fsp3) is 0.238. The van der Waals surface area contributed by atoms with Gasteiger partial charge >= 0.3 is 0 Å². The van der Waals surface area contributed by atoms with Crippen LogP contribution < -0.4 is 4.74 Å². The number of aromatic nitrogens is 2. The van der Waals surface area contributed by atoms with E-state index in [9.17, 15) is 4.79 Å². The SMILES string of the molecule is O=C(CCOc1ccc(Cl)cc1)N1CCc2[nH]nc(-c3cccc(Cl)c3)c2C1. The number of hydrogen-bond acceptors (Lipinski definition) is 3. The fourth-order valence-corrected chi connectivity index (χ4v) is 3.64. The zero-order chi connectivity index (χ0) is 19.5. The van der Waals surface area contributed by atoms with E-state index in [2.05, 4.69) is 10.2 Å². The average molecular weight is 416 g/mol. The van der Waals surface area contributed by atoms with Crippen LogP contribution in [0.3, 0.4) is 0 Å². The largest absolute Gasteiger partial charge is 0.493 e. The highest BCUT2D eigenvalue weighted by atomic mass is 35.5. The van der Waals surface area contributed by atoms with Gasteiger partial charge in [0.05, 0.1) is 18.7 Å². The van der Waals surface area contributed by atoms with E-state index in [0.717, 1.165) is 28.9 Å². The Labute approximate surface area is 173 Å². The molecule has 1 aliphatic rings. The van der Waals surface area contributed by atoms with Gasteiger partial charge < -0.3 is 9.64 Å². The minimum Gasteiger partial charge on any atom is -0.493 e. The second-order valence-electron chi connectivity index (χ2n) is 6.66. The number of rotatable bonds is 5. The van der Waals surface area contributed by atoms with E-state index < -0.39 is 0 Å². The number of carbonyl (C=O) groups excluding carboxylic acids is 1. The van der Waals surface area contributed by atoms with E-state index in [-0.39, 0.29) is 5.91 Å². The average Bonchev–Trinajstić information content (AvgIpc) is 3.12. The summed E-state index contributed by atoms with van der Waals surface area (Å²) in [6, 6.07) is 14.7. The molecule has 4 rings (SSSR count). The highest BCUT2D eigenvalue weighted by molar-refractivity contribution is 6.31. The number of hydrogen-bond donors (Lipinski definition) is 1. The van der Waals surface area contributed by atoms with Gasteiger partial charge in [-0.05, 0) is 36.4 Å². The molecule has 0 bridgehead atoms. The summed E-state index contributed by atoms with van der Waals surface area (Å²) in [4.78, 5) is 14.5. The first kappa shape index (κ1) is 18.8. The Balaban J connectivity index is 1.40. The monoisotopic (exact) mass is 415 g/mol. The van der Waals surface area contributed by atoms with Gasteiger partial charge in [-0.3, -0.25) is 9.89 Å². The van der Waals surface area contributed by atoms with Crippen molar-refractivity contribution in [1.82, 2.24) is 15.1 Å². The molecule has 1 N–H and O–H groups in total. The fourth-order valence-electron chi connectivity index (χ4n) is 3.33. The second kappa shape index (κ2) is 8.25. The van der Waals surface area contributed by atoms with Crippen molar-refractivity contribution in [3.63, 3.8) is 0 Å². The maximum Gasteiger partial charge on any atom is 0.226 e. The first-order valence-electron chi connectivity index (χ1n) is 9.08. The molecule has 0 spiro atoms. The number of nitrogens with one attached hydrogen (secondary N) is 1. The summed E-state index contributed by atoms with van der Waals surface area (Å²) < 4.78 is 5.64. The molecule has 0 atom stereocenters. The van der Waals surface area contributed by atoms with Crippen LogP contribution in [0.25, 0.3) is 11.3 Å². The lowest BCUT2D eigenvalue weighted by Gasteiger charge is -2.27. The van der Waals surface area contributed by atoms with Crippen LogP contribution in [-0.2, 0) is 17.8 Å². The molecule has 0 radical (unpaired) electrons. The van der Waals surface area contributed by atoms with Crippen molar-refractivity contribution >= 4 is 29.1 Å². The van der Waals surface area contributed by atoms with Crippen LogP contribution in [0.5, 0.6) is 5.75 Å². The van der Waals surface area contributed by atoms with Gasteiger partial charge in [0.1, 0.15) is 5.75 Å². The Morgan fingerprint density at radius 3 is 2.75 bits per heavy atom.